The van der Waals surface area contributed by atoms with Crippen LogP contribution in [-0.4, -0.2) is 11.1 Å². The summed E-state index contributed by atoms with van der Waals surface area (Å²) in [4.78, 5) is 12.0. The Balaban J connectivity index is 1.66. The summed E-state index contributed by atoms with van der Waals surface area (Å²) in [5, 5.41) is 9.79. The van der Waals surface area contributed by atoms with E-state index in [9.17, 15) is 9.90 Å². The van der Waals surface area contributed by atoms with Gasteiger partial charge in [-0.25, -0.2) is 4.79 Å². The van der Waals surface area contributed by atoms with Crippen molar-refractivity contribution in [3.63, 3.8) is 0 Å². The van der Waals surface area contributed by atoms with Crippen LogP contribution < -0.4 is 14.2 Å². The zero-order chi connectivity index (χ0) is 22.9. The molecule has 33 heavy (non-hydrogen) atoms. The summed E-state index contributed by atoms with van der Waals surface area (Å²) in [5.74, 6) is -0.265. The molecule has 4 aromatic carbocycles. The van der Waals surface area contributed by atoms with Gasteiger partial charge < -0.3 is 19.3 Å². The fourth-order valence-electron chi connectivity index (χ4n) is 3.30. The first-order valence-corrected chi connectivity index (χ1v) is 10.6. The Morgan fingerprint density at radius 1 is 0.545 bits per heavy atom. The smallest absolute Gasteiger partial charge is 0.339 e. The van der Waals surface area contributed by atoms with Crippen molar-refractivity contribution in [2.45, 2.75) is 19.8 Å². The van der Waals surface area contributed by atoms with E-state index in [-0.39, 0.29) is 30.3 Å². The number of hydrogen-bond acceptors (Lipinski definition) is 4. The highest BCUT2D eigenvalue weighted by Gasteiger charge is 2.22. The summed E-state index contributed by atoms with van der Waals surface area (Å²) in [7, 11) is 0. The van der Waals surface area contributed by atoms with Gasteiger partial charge in [-0.2, -0.15) is 0 Å². The van der Waals surface area contributed by atoms with Gasteiger partial charge in [-0.15, -0.1) is 0 Å². The fourth-order valence-corrected chi connectivity index (χ4v) is 3.30. The maximum Gasteiger partial charge on any atom is 0.339 e. The molecule has 4 aromatic rings. The summed E-state index contributed by atoms with van der Waals surface area (Å²) >= 11 is 0. The van der Waals surface area contributed by atoms with Crippen LogP contribution in [0.15, 0.2) is 103 Å². The molecule has 5 heteroatoms. The molecule has 0 fully saturated rings. The molecule has 166 valence electrons. The van der Waals surface area contributed by atoms with E-state index in [1.165, 1.54) is 6.07 Å². The molecular formula is C28H24O5. The van der Waals surface area contributed by atoms with E-state index in [4.69, 9.17) is 14.2 Å². The normalized spacial score (nSPS) is 10.4. The molecular weight excluding hydrogens is 416 g/mol. The number of carboxylic acid groups (broad SMARTS) is 1. The van der Waals surface area contributed by atoms with Gasteiger partial charge in [0.2, 0.25) is 5.75 Å². The van der Waals surface area contributed by atoms with E-state index in [0.29, 0.717) is 12.4 Å². The number of rotatable bonds is 10. The minimum absolute atomic E-state index is 0.0149. The zero-order valence-electron chi connectivity index (χ0n) is 18.0. The molecule has 0 atom stereocenters. The highest BCUT2D eigenvalue weighted by molar-refractivity contribution is 5.92. The molecule has 0 bridgehead atoms. The molecule has 0 saturated heterocycles. The SMILES string of the molecule is O=C(O)c1ccc(OCc2ccccc2)c(OCc2ccccc2)c1OCc1ccccc1. The number of benzene rings is 4. The maximum atomic E-state index is 12.0. The van der Waals surface area contributed by atoms with Crippen LogP contribution >= 0.6 is 0 Å². The van der Waals surface area contributed by atoms with Gasteiger partial charge in [0.15, 0.2) is 11.5 Å². The maximum absolute atomic E-state index is 12.0. The van der Waals surface area contributed by atoms with Gasteiger partial charge in [-0.05, 0) is 28.8 Å². The Labute approximate surface area is 192 Å². The van der Waals surface area contributed by atoms with E-state index < -0.39 is 5.97 Å². The Hall–Kier alpha value is -4.25. The lowest BCUT2D eigenvalue weighted by molar-refractivity contribution is 0.0690. The van der Waals surface area contributed by atoms with E-state index in [1.807, 2.05) is 91.0 Å². The van der Waals surface area contributed by atoms with Crippen LogP contribution in [0.3, 0.4) is 0 Å². The highest BCUT2D eigenvalue weighted by Crippen LogP contribution is 2.41. The second-order valence-corrected chi connectivity index (χ2v) is 7.40. The van der Waals surface area contributed by atoms with Crippen molar-refractivity contribution >= 4 is 5.97 Å². The summed E-state index contributed by atoms with van der Waals surface area (Å²) in [6.07, 6.45) is 0. The number of aromatic carboxylic acids is 1. The van der Waals surface area contributed by atoms with Crippen molar-refractivity contribution in [1.82, 2.24) is 0 Å². The average Bonchev–Trinajstić information content (AvgIpc) is 2.86. The van der Waals surface area contributed by atoms with Crippen LogP contribution in [0.2, 0.25) is 0 Å². The Bertz CT molecular complexity index is 1180. The summed E-state index contributed by atoms with van der Waals surface area (Å²) in [6.45, 7) is 0.755. The van der Waals surface area contributed by atoms with Crippen LogP contribution in [0.1, 0.15) is 27.0 Å². The van der Waals surface area contributed by atoms with Crippen molar-refractivity contribution in [2.75, 3.05) is 0 Å². The van der Waals surface area contributed by atoms with Gasteiger partial charge >= 0.3 is 5.97 Å². The number of carboxylic acids is 1. The quantitative estimate of drug-likeness (QED) is 0.322. The first-order valence-electron chi connectivity index (χ1n) is 10.6. The van der Waals surface area contributed by atoms with E-state index in [0.717, 1.165) is 16.7 Å². The Kier molecular flexibility index (Phi) is 7.23. The van der Waals surface area contributed by atoms with E-state index >= 15 is 0 Å². The average molecular weight is 440 g/mol. The molecule has 0 saturated carbocycles. The van der Waals surface area contributed by atoms with E-state index in [1.54, 1.807) is 6.07 Å². The van der Waals surface area contributed by atoms with Crippen LogP contribution in [0.5, 0.6) is 17.2 Å². The molecule has 0 radical (unpaired) electrons. The third kappa shape index (κ3) is 5.92. The van der Waals surface area contributed by atoms with Gasteiger partial charge in [-0.1, -0.05) is 91.0 Å². The first kappa shape index (κ1) is 22.0. The molecule has 0 aliphatic heterocycles. The molecule has 0 amide bonds. The molecule has 5 nitrogen and oxygen atoms in total. The van der Waals surface area contributed by atoms with Crippen LogP contribution in [0, 0.1) is 0 Å². The lowest BCUT2D eigenvalue weighted by atomic mass is 10.1. The molecule has 0 aliphatic carbocycles. The number of hydrogen-bond donors (Lipinski definition) is 1. The van der Waals surface area contributed by atoms with Crippen molar-refractivity contribution < 1.29 is 24.1 Å². The second-order valence-electron chi connectivity index (χ2n) is 7.40. The van der Waals surface area contributed by atoms with Gasteiger partial charge in [-0.3, -0.25) is 0 Å². The molecule has 0 unspecified atom stereocenters. The fraction of sp³-hybridized carbons (Fsp3) is 0.107. The standard InChI is InChI=1S/C28H24O5/c29-28(30)24-16-17-25(31-18-21-10-4-1-5-11-21)27(33-20-23-14-8-3-9-15-23)26(24)32-19-22-12-6-2-7-13-22/h1-17H,18-20H2,(H,29,30). The monoisotopic (exact) mass is 440 g/mol. The van der Waals surface area contributed by atoms with Crippen molar-refractivity contribution in [2.24, 2.45) is 0 Å². The molecule has 0 aromatic heterocycles. The lowest BCUT2D eigenvalue weighted by Gasteiger charge is -2.19. The summed E-state index contributed by atoms with van der Waals surface area (Å²) in [6, 6.07) is 32.1. The van der Waals surface area contributed by atoms with E-state index in [2.05, 4.69) is 0 Å². The van der Waals surface area contributed by atoms with Gasteiger partial charge in [0, 0.05) is 0 Å². The summed E-state index contributed by atoms with van der Waals surface area (Å²) in [5.41, 5.74) is 2.86. The third-order valence-electron chi connectivity index (χ3n) is 5.00. The van der Waals surface area contributed by atoms with Crippen LogP contribution in [0.25, 0.3) is 0 Å². The molecule has 4 rings (SSSR count). The number of carbonyl (C=O) groups is 1. The molecule has 0 aliphatic rings. The predicted octanol–water partition coefficient (Wildman–Crippen LogP) is 6.12. The predicted molar refractivity (Wildman–Crippen MR) is 126 cm³/mol. The van der Waals surface area contributed by atoms with Crippen molar-refractivity contribution in [3.8, 4) is 17.2 Å². The summed E-state index contributed by atoms with van der Waals surface area (Å²) < 4.78 is 18.2. The third-order valence-corrected chi connectivity index (χ3v) is 5.00. The molecule has 1 N–H and O–H groups in total. The topological polar surface area (TPSA) is 65.0 Å². The highest BCUT2D eigenvalue weighted by atomic mass is 16.5. The largest absolute Gasteiger partial charge is 0.485 e. The Morgan fingerprint density at radius 2 is 0.970 bits per heavy atom. The Morgan fingerprint density at radius 3 is 1.42 bits per heavy atom. The van der Waals surface area contributed by atoms with Gasteiger partial charge in [0.1, 0.15) is 25.4 Å². The van der Waals surface area contributed by atoms with Crippen molar-refractivity contribution in [1.29, 1.82) is 0 Å². The van der Waals surface area contributed by atoms with Gasteiger partial charge in [0.25, 0.3) is 0 Å². The van der Waals surface area contributed by atoms with Crippen molar-refractivity contribution in [3.05, 3.63) is 125 Å². The number of ether oxygens (including phenoxy) is 3. The molecule has 0 spiro atoms. The van der Waals surface area contributed by atoms with Gasteiger partial charge in [0.05, 0.1) is 0 Å². The zero-order valence-corrected chi connectivity index (χ0v) is 18.0. The van der Waals surface area contributed by atoms with Crippen LogP contribution in [-0.2, 0) is 19.8 Å². The first-order chi connectivity index (χ1) is 16.2. The lowest BCUT2D eigenvalue weighted by Crippen LogP contribution is -2.08. The minimum atomic E-state index is -1.10. The van der Waals surface area contributed by atoms with Crippen LogP contribution in [0.4, 0.5) is 0 Å². The second kappa shape index (κ2) is 10.9. The minimum Gasteiger partial charge on any atom is -0.485 e. The molecule has 0 heterocycles.